The molecular weight excluding hydrogens is 276 g/mol. The van der Waals surface area contributed by atoms with Gasteiger partial charge in [-0.15, -0.1) is 11.6 Å². The molecule has 1 aromatic carbocycles. The number of rotatable bonds is 2. The van der Waals surface area contributed by atoms with E-state index in [2.05, 4.69) is 0 Å². The average Bonchev–Trinajstić information content (AvgIpc) is 2.12. The minimum atomic E-state index is -4.37. The van der Waals surface area contributed by atoms with Crippen LogP contribution in [0.15, 0.2) is 11.0 Å². The zero-order chi connectivity index (χ0) is 11.8. The molecule has 0 aromatic heterocycles. The highest BCUT2D eigenvalue weighted by Crippen LogP contribution is 2.27. The summed E-state index contributed by atoms with van der Waals surface area (Å²) in [4.78, 5) is -0.865. The Morgan fingerprint density at radius 2 is 1.73 bits per heavy atom. The first kappa shape index (κ1) is 12.6. The van der Waals surface area contributed by atoms with E-state index >= 15 is 0 Å². The summed E-state index contributed by atoms with van der Waals surface area (Å²) in [5.74, 6) is -5.70. The lowest BCUT2D eigenvalue weighted by Gasteiger charge is -2.06. The van der Waals surface area contributed by atoms with Crippen molar-refractivity contribution in [1.29, 1.82) is 0 Å². The summed E-state index contributed by atoms with van der Waals surface area (Å²) < 4.78 is 60.2. The third kappa shape index (κ3) is 2.38. The highest BCUT2D eigenvalue weighted by atomic mass is 35.7. The van der Waals surface area contributed by atoms with E-state index in [-0.39, 0.29) is 0 Å². The molecule has 2 nitrogen and oxygen atoms in total. The molecule has 0 bridgehead atoms. The lowest BCUT2D eigenvalue weighted by atomic mass is 10.2. The Labute approximate surface area is 93.0 Å². The first-order valence-electron chi connectivity index (χ1n) is 3.46. The number of benzene rings is 1. The molecule has 0 saturated heterocycles. The summed E-state index contributed by atoms with van der Waals surface area (Å²) >= 11 is 5.22. The molecule has 15 heavy (non-hydrogen) atoms. The summed E-state index contributed by atoms with van der Waals surface area (Å²) in [6.45, 7) is 0. The van der Waals surface area contributed by atoms with E-state index in [1.165, 1.54) is 0 Å². The Morgan fingerprint density at radius 1 is 1.20 bits per heavy atom. The molecule has 0 radical (unpaired) electrons. The van der Waals surface area contributed by atoms with Crippen molar-refractivity contribution in [2.75, 3.05) is 0 Å². The fourth-order valence-corrected chi connectivity index (χ4v) is 2.41. The van der Waals surface area contributed by atoms with Gasteiger partial charge < -0.3 is 0 Å². The van der Waals surface area contributed by atoms with E-state index in [1.807, 2.05) is 0 Å². The first-order chi connectivity index (χ1) is 6.79. The van der Waals surface area contributed by atoms with E-state index in [0.29, 0.717) is 6.07 Å². The van der Waals surface area contributed by atoms with Gasteiger partial charge in [0.15, 0.2) is 17.5 Å². The summed E-state index contributed by atoms with van der Waals surface area (Å²) in [7, 11) is 0.530. The van der Waals surface area contributed by atoms with Gasteiger partial charge in [0.2, 0.25) is 0 Å². The van der Waals surface area contributed by atoms with Gasteiger partial charge in [0.1, 0.15) is 0 Å². The Hall–Kier alpha value is -0.460. The van der Waals surface area contributed by atoms with Gasteiger partial charge in [0.25, 0.3) is 9.05 Å². The number of alkyl halides is 1. The predicted molar refractivity (Wildman–Crippen MR) is 48.9 cm³/mol. The van der Waals surface area contributed by atoms with Gasteiger partial charge in [-0.25, -0.2) is 21.6 Å². The molecular formula is C7H3Cl2F3O2S. The van der Waals surface area contributed by atoms with Crippen LogP contribution in [0.4, 0.5) is 13.2 Å². The standard InChI is InChI=1S/C7H3Cl2F3O2S/c8-2-3-5(15(9,13)14)1-4(10)7(12)6(3)11/h1H,2H2. The third-order valence-corrected chi connectivity index (χ3v) is 3.27. The summed E-state index contributed by atoms with van der Waals surface area (Å²) in [5.41, 5.74) is -0.689. The van der Waals surface area contributed by atoms with Gasteiger partial charge in [-0.05, 0) is 6.07 Å². The fraction of sp³-hybridized carbons (Fsp3) is 0.143. The van der Waals surface area contributed by atoms with Crippen molar-refractivity contribution in [2.45, 2.75) is 10.8 Å². The highest BCUT2D eigenvalue weighted by Gasteiger charge is 2.24. The summed E-state index contributed by atoms with van der Waals surface area (Å²) in [6, 6.07) is 0.290. The van der Waals surface area contributed by atoms with Crippen LogP contribution in [0.1, 0.15) is 5.56 Å². The third-order valence-electron chi connectivity index (χ3n) is 1.62. The van der Waals surface area contributed by atoms with Gasteiger partial charge in [0, 0.05) is 16.2 Å². The fourth-order valence-electron chi connectivity index (χ4n) is 0.953. The highest BCUT2D eigenvalue weighted by molar-refractivity contribution is 8.13. The van der Waals surface area contributed by atoms with Crippen molar-refractivity contribution in [3.8, 4) is 0 Å². The topological polar surface area (TPSA) is 34.1 Å². The van der Waals surface area contributed by atoms with Crippen molar-refractivity contribution in [2.24, 2.45) is 0 Å². The quantitative estimate of drug-likeness (QED) is 0.474. The molecule has 0 atom stereocenters. The van der Waals surface area contributed by atoms with Gasteiger partial charge >= 0.3 is 0 Å². The van der Waals surface area contributed by atoms with Crippen LogP contribution in [-0.2, 0) is 14.9 Å². The van der Waals surface area contributed by atoms with Crippen LogP contribution in [0.3, 0.4) is 0 Å². The minimum absolute atomic E-state index is 0.290. The molecule has 1 aromatic rings. The largest absolute Gasteiger partial charge is 0.261 e. The maximum absolute atomic E-state index is 13.0. The van der Waals surface area contributed by atoms with Crippen LogP contribution in [0.25, 0.3) is 0 Å². The summed E-state index contributed by atoms with van der Waals surface area (Å²) in [6.07, 6.45) is 0. The van der Waals surface area contributed by atoms with Crippen molar-refractivity contribution in [1.82, 2.24) is 0 Å². The van der Waals surface area contributed by atoms with Crippen molar-refractivity contribution in [3.05, 3.63) is 29.1 Å². The SMILES string of the molecule is O=S(=O)(Cl)c1cc(F)c(F)c(F)c1CCl. The molecule has 0 amide bonds. The lowest BCUT2D eigenvalue weighted by molar-refractivity contribution is 0.437. The van der Waals surface area contributed by atoms with E-state index < -0.39 is 42.8 Å². The molecule has 0 spiro atoms. The van der Waals surface area contributed by atoms with Crippen LogP contribution in [0.2, 0.25) is 0 Å². The number of halogens is 5. The van der Waals surface area contributed by atoms with Crippen molar-refractivity contribution in [3.63, 3.8) is 0 Å². The van der Waals surface area contributed by atoms with Crippen LogP contribution in [-0.4, -0.2) is 8.42 Å². The lowest BCUT2D eigenvalue weighted by Crippen LogP contribution is -2.04. The van der Waals surface area contributed by atoms with E-state index in [1.54, 1.807) is 0 Å². The molecule has 0 aliphatic heterocycles. The van der Waals surface area contributed by atoms with Crippen LogP contribution in [0.5, 0.6) is 0 Å². The second-order valence-electron chi connectivity index (χ2n) is 2.53. The Morgan fingerprint density at radius 3 is 2.13 bits per heavy atom. The second-order valence-corrected chi connectivity index (χ2v) is 5.34. The zero-order valence-corrected chi connectivity index (χ0v) is 9.23. The normalized spacial score (nSPS) is 11.8. The molecule has 0 heterocycles. The minimum Gasteiger partial charge on any atom is -0.207 e. The zero-order valence-electron chi connectivity index (χ0n) is 6.90. The predicted octanol–water partition coefficient (Wildman–Crippen LogP) is 2.77. The van der Waals surface area contributed by atoms with Gasteiger partial charge in [0.05, 0.1) is 10.8 Å². The Kier molecular flexibility index (Phi) is 3.52. The van der Waals surface area contributed by atoms with E-state index in [4.69, 9.17) is 22.3 Å². The van der Waals surface area contributed by atoms with E-state index in [0.717, 1.165) is 0 Å². The van der Waals surface area contributed by atoms with E-state index in [9.17, 15) is 21.6 Å². The maximum Gasteiger partial charge on any atom is 0.261 e. The van der Waals surface area contributed by atoms with Crippen molar-refractivity contribution < 1.29 is 21.6 Å². The molecule has 0 fully saturated rings. The Balaban J connectivity index is 3.68. The molecule has 0 saturated carbocycles. The molecule has 0 aliphatic rings. The summed E-state index contributed by atoms with van der Waals surface area (Å²) in [5, 5.41) is 0. The smallest absolute Gasteiger partial charge is 0.207 e. The maximum atomic E-state index is 13.0. The number of hydrogen-bond donors (Lipinski definition) is 0. The van der Waals surface area contributed by atoms with Crippen molar-refractivity contribution >= 4 is 31.3 Å². The van der Waals surface area contributed by atoms with Gasteiger partial charge in [-0.1, -0.05) is 0 Å². The second kappa shape index (κ2) is 4.19. The van der Waals surface area contributed by atoms with Gasteiger partial charge in [-0.3, -0.25) is 0 Å². The van der Waals surface area contributed by atoms with Crippen LogP contribution < -0.4 is 0 Å². The average molecular weight is 279 g/mol. The molecule has 8 heteroatoms. The first-order valence-corrected chi connectivity index (χ1v) is 6.30. The van der Waals surface area contributed by atoms with Gasteiger partial charge in [-0.2, -0.15) is 0 Å². The monoisotopic (exact) mass is 278 g/mol. The molecule has 0 N–H and O–H groups in total. The molecule has 1 rings (SSSR count). The number of hydrogen-bond acceptors (Lipinski definition) is 2. The Bertz CT molecular complexity index is 501. The van der Waals surface area contributed by atoms with Crippen LogP contribution >= 0.6 is 22.3 Å². The molecule has 0 aliphatic carbocycles. The van der Waals surface area contributed by atoms with Crippen LogP contribution in [0, 0.1) is 17.5 Å². The molecule has 0 unspecified atom stereocenters. The molecule has 84 valence electrons.